The molecular formula is C9H15NO4. The van der Waals surface area contributed by atoms with Crippen LogP contribution in [0.5, 0.6) is 0 Å². The average molecular weight is 201 g/mol. The van der Waals surface area contributed by atoms with Crippen molar-refractivity contribution >= 4 is 12.0 Å². The second kappa shape index (κ2) is 3.57. The summed E-state index contributed by atoms with van der Waals surface area (Å²) in [6.45, 7) is 5.21. The van der Waals surface area contributed by atoms with Crippen molar-refractivity contribution in [3.8, 4) is 0 Å². The summed E-state index contributed by atoms with van der Waals surface area (Å²) >= 11 is 0. The number of nitrogens with zero attached hydrogens (tertiary/aromatic N) is 1. The maximum atomic E-state index is 11.4. The van der Waals surface area contributed by atoms with Crippen molar-refractivity contribution < 1.29 is 19.4 Å². The summed E-state index contributed by atoms with van der Waals surface area (Å²) in [6, 6.07) is 0. The molecule has 14 heavy (non-hydrogen) atoms. The first-order chi connectivity index (χ1) is 6.29. The fourth-order valence-corrected chi connectivity index (χ4v) is 1.18. The Hall–Kier alpha value is -1.10. The largest absolute Gasteiger partial charge is 0.443 e. The first-order valence-electron chi connectivity index (χ1n) is 4.51. The van der Waals surface area contributed by atoms with Gasteiger partial charge in [-0.05, 0) is 20.8 Å². The molecule has 1 fully saturated rings. The molecule has 0 aromatic heterocycles. The van der Waals surface area contributed by atoms with E-state index >= 15 is 0 Å². The highest BCUT2D eigenvalue weighted by atomic mass is 16.6. The van der Waals surface area contributed by atoms with E-state index in [0.717, 1.165) is 4.90 Å². The molecule has 1 saturated heterocycles. The van der Waals surface area contributed by atoms with E-state index in [9.17, 15) is 9.59 Å². The van der Waals surface area contributed by atoms with Gasteiger partial charge in [0.15, 0.2) is 0 Å². The van der Waals surface area contributed by atoms with Crippen LogP contribution in [0, 0.1) is 0 Å². The predicted octanol–water partition coefficient (Wildman–Crippen LogP) is 0.515. The van der Waals surface area contributed by atoms with Crippen LogP contribution >= 0.6 is 0 Å². The maximum Gasteiger partial charge on any atom is 0.417 e. The van der Waals surface area contributed by atoms with E-state index < -0.39 is 17.8 Å². The molecule has 1 aliphatic heterocycles. The predicted molar refractivity (Wildman–Crippen MR) is 48.6 cm³/mol. The zero-order chi connectivity index (χ0) is 10.9. The molecule has 0 spiro atoms. The highest BCUT2D eigenvalue weighted by molar-refractivity contribution is 5.94. The van der Waals surface area contributed by atoms with E-state index in [2.05, 4.69) is 0 Å². The zero-order valence-corrected chi connectivity index (χ0v) is 8.61. The van der Waals surface area contributed by atoms with E-state index in [4.69, 9.17) is 9.84 Å². The van der Waals surface area contributed by atoms with Crippen molar-refractivity contribution in [2.24, 2.45) is 0 Å². The SMILES string of the molecule is CC(C)(C)OC(=O)N1C[C@@H](O)CC1=O. The summed E-state index contributed by atoms with van der Waals surface area (Å²) in [5.74, 6) is -0.383. The van der Waals surface area contributed by atoms with Crippen LogP contribution in [-0.2, 0) is 9.53 Å². The molecule has 0 aliphatic carbocycles. The van der Waals surface area contributed by atoms with Crippen molar-refractivity contribution in [3.05, 3.63) is 0 Å². The number of hydrogen-bond donors (Lipinski definition) is 1. The van der Waals surface area contributed by atoms with Gasteiger partial charge < -0.3 is 9.84 Å². The number of likely N-dealkylation sites (tertiary alicyclic amines) is 1. The second-order valence-corrected chi connectivity index (χ2v) is 4.34. The van der Waals surface area contributed by atoms with Crippen molar-refractivity contribution in [1.82, 2.24) is 4.90 Å². The summed E-state index contributed by atoms with van der Waals surface area (Å²) in [5.41, 5.74) is -0.620. The van der Waals surface area contributed by atoms with Crippen LogP contribution in [0.2, 0.25) is 0 Å². The first-order valence-corrected chi connectivity index (χ1v) is 4.51. The summed E-state index contributed by atoms with van der Waals surface area (Å²) in [6.07, 6.45) is -1.44. The summed E-state index contributed by atoms with van der Waals surface area (Å²) in [5, 5.41) is 9.15. The van der Waals surface area contributed by atoms with Crippen LogP contribution in [0.4, 0.5) is 4.79 Å². The number of ether oxygens (including phenoxy) is 1. The topological polar surface area (TPSA) is 66.8 Å². The number of carbonyl (C=O) groups excluding carboxylic acids is 2. The molecule has 1 heterocycles. The molecule has 5 nitrogen and oxygen atoms in total. The molecule has 2 amide bonds. The van der Waals surface area contributed by atoms with Gasteiger partial charge in [-0.15, -0.1) is 0 Å². The van der Waals surface area contributed by atoms with Crippen molar-refractivity contribution in [2.75, 3.05) is 6.54 Å². The lowest BCUT2D eigenvalue weighted by atomic mass is 10.2. The van der Waals surface area contributed by atoms with Gasteiger partial charge in [-0.25, -0.2) is 9.69 Å². The molecule has 0 aromatic rings. The molecule has 0 bridgehead atoms. The zero-order valence-electron chi connectivity index (χ0n) is 8.61. The van der Waals surface area contributed by atoms with Gasteiger partial charge in [0.25, 0.3) is 0 Å². The molecule has 0 saturated carbocycles. The molecule has 0 unspecified atom stereocenters. The normalized spacial score (nSPS) is 22.7. The summed E-state index contributed by atoms with van der Waals surface area (Å²) in [7, 11) is 0. The lowest BCUT2D eigenvalue weighted by Gasteiger charge is -2.23. The van der Waals surface area contributed by atoms with Gasteiger partial charge in [0.05, 0.1) is 19.1 Å². The van der Waals surface area contributed by atoms with Gasteiger partial charge in [0.1, 0.15) is 5.60 Å². The van der Waals surface area contributed by atoms with Gasteiger partial charge in [0, 0.05) is 0 Å². The Kier molecular flexibility index (Phi) is 2.80. The second-order valence-electron chi connectivity index (χ2n) is 4.34. The molecule has 0 aromatic carbocycles. The Morgan fingerprint density at radius 3 is 2.50 bits per heavy atom. The van der Waals surface area contributed by atoms with Crippen LogP contribution in [0.1, 0.15) is 27.2 Å². The highest BCUT2D eigenvalue weighted by Crippen LogP contribution is 2.16. The molecular weight excluding hydrogens is 186 g/mol. The number of imide groups is 1. The molecule has 1 N–H and O–H groups in total. The van der Waals surface area contributed by atoms with E-state index in [1.165, 1.54) is 0 Å². The van der Waals surface area contributed by atoms with E-state index in [0.29, 0.717) is 0 Å². The Labute approximate surface area is 82.6 Å². The summed E-state index contributed by atoms with van der Waals surface area (Å²) < 4.78 is 5.00. The molecule has 1 atom stereocenters. The number of carbonyl (C=O) groups is 2. The number of β-amino-alcohol motifs (C(OH)–C–C–N with tert-alkyl or cyclic N) is 1. The van der Waals surface area contributed by atoms with Gasteiger partial charge in [-0.3, -0.25) is 4.79 Å². The lowest BCUT2D eigenvalue weighted by Crippen LogP contribution is -2.38. The third-order valence-electron chi connectivity index (χ3n) is 1.72. The average Bonchev–Trinajstić information content (AvgIpc) is 2.26. The lowest BCUT2D eigenvalue weighted by molar-refractivity contribution is -0.127. The number of rotatable bonds is 0. The summed E-state index contributed by atoms with van der Waals surface area (Å²) in [4.78, 5) is 23.5. The Bertz CT molecular complexity index is 256. The smallest absolute Gasteiger partial charge is 0.417 e. The first kappa shape index (κ1) is 11.0. The van der Waals surface area contributed by atoms with Crippen LogP contribution in [-0.4, -0.2) is 40.3 Å². The van der Waals surface area contributed by atoms with Crippen LogP contribution < -0.4 is 0 Å². The van der Waals surface area contributed by atoms with Crippen molar-refractivity contribution in [1.29, 1.82) is 0 Å². The third kappa shape index (κ3) is 2.70. The molecule has 1 aliphatic rings. The van der Waals surface area contributed by atoms with Crippen molar-refractivity contribution in [2.45, 2.75) is 38.9 Å². The molecule has 80 valence electrons. The Balaban J connectivity index is 2.58. The van der Waals surface area contributed by atoms with Gasteiger partial charge in [0.2, 0.25) is 5.91 Å². The van der Waals surface area contributed by atoms with E-state index in [-0.39, 0.29) is 18.9 Å². The fraction of sp³-hybridized carbons (Fsp3) is 0.778. The maximum absolute atomic E-state index is 11.4. The van der Waals surface area contributed by atoms with Crippen LogP contribution in [0.15, 0.2) is 0 Å². The number of hydrogen-bond acceptors (Lipinski definition) is 4. The van der Waals surface area contributed by atoms with Crippen molar-refractivity contribution in [3.63, 3.8) is 0 Å². The Morgan fingerprint density at radius 1 is 1.57 bits per heavy atom. The van der Waals surface area contributed by atoms with E-state index in [1.54, 1.807) is 20.8 Å². The molecule has 0 radical (unpaired) electrons. The van der Waals surface area contributed by atoms with Gasteiger partial charge >= 0.3 is 6.09 Å². The van der Waals surface area contributed by atoms with Gasteiger partial charge in [-0.1, -0.05) is 0 Å². The minimum Gasteiger partial charge on any atom is -0.443 e. The molecule has 5 heteroatoms. The standard InChI is InChI=1S/C9H15NO4/c1-9(2,3)14-8(13)10-5-6(11)4-7(10)12/h6,11H,4-5H2,1-3H3/t6-/m0/s1. The Morgan fingerprint density at radius 2 is 2.14 bits per heavy atom. The van der Waals surface area contributed by atoms with Crippen LogP contribution in [0.25, 0.3) is 0 Å². The van der Waals surface area contributed by atoms with E-state index in [1.807, 2.05) is 0 Å². The highest BCUT2D eigenvalue weighted by Gasteiger charge is 2.35. The quantitative estimate of drug-likeness (QED) is 0.620. The monoisotopic (exact) mass is 201 g/mol. The minimum absolute atomic E-state index is 0.000751. The number of aliphatic hydroxyl groups excluding tert-OH is 1. The number of aliphatic hydroxyl groups is 1. The van der Waals surface area contributed by atoms with Gasteiger partial charge in [-0.2, -0.15) is 0 Å². The third-order valence-corrected chi connectivity index (χ3v) is 1.72. The minimum atomic E-state index is -0.755. The van der Waals surface area contributed by atoms with Crippen LogP contribution in [0.3, 0.4) is 0 Å². The fourth-order valence-electron chi connectivity index (χ4n) is 1.18. The number of amides is 2. The molecule has 1 rings (SSSR count).